The number of carbonyl (C=O) groups is 2. The Labute approximate surface area is 139 Å². The van der Waals surface area contributed by atoms with E-state index in [0.717, 1.165) is 16.0 Å². The first-order valence-corrected chi connectivity index (χ1v) is 7.42. The van der Waals surface area contributed by atoms with Gasteiger partial charge < -0.3 is 4.74 Å². The molecule has 0 saturated heterocycles. The maximum atomic E-state index is 11.7. The Balaban J connectivity index is 1.79. The van der Waals surface area contributed by atoms with Gasteiger partial charge in [-0.15, -0.1) is 5.26 Å². The van der Waals surface area contributed by atoms with Crippen molar-refractivity contribution in [3.63, 3.8) is 0 Å². The quantitative estimate of drug-likeness (QED) is 0.641. The lowest BCUT2D eigenvalue weighted by Crippen LogP contribution is -2.29. The largest absolute Gasteiger partial charge is 0.388 e. The number of benzene rings is 2. The van der Waals surface area contributed by atoms with Gasteiger partial charge in [0.05, 0.1) is 5.69 Å². The SMILES string of the molecule is CC(c1ccc(OC#N)cc1)c1ccc(N2C(=O)C=CC2=O)cc1. The van der Waals surface area contributed by atoms with Gasteiger partial charge in [0.1, 0.15) is 5.75 Å². The van der Waals surface area contributed by atoms with Crippen molar-refractivity contribution < 1.29 is 14.3 Å². The van der Waals surface area contributed by atoms with Crippen LogP contribution in [0.5, 0.6) is 5.75 Å². The van der Waals surface area contributed by atoms with Crippen LogP contribution in [0.15, 0.2) is 60.7 Å². The minimum atomic E-state index is -0.325. The molecule has 0 saturated carbocycles. The summed E-state index contributed by atoms with van der Waals surface area (Å²) in [5.41, 5.74) is 2.69. The fraction of sp³-hybridized carbons (Fsp3) is 0.105. The maximum absolute atomic E-state index is 11.7. The Bertz CT molecular complexity index is 828. The average Bonchev–Trinajstić information content (AvgIpc) is 2.94. The van der Waals surface area contributed by atoms with E-state index in [1.54, 1.807) is 30.5 Å². The van der Waals surface area contributed by atoms with Gasteiger partial charge in [0.2, 0.25) is 0 Å². The summed E-state index contributed by atoms with van der Waals surface area (Å²) >= 11 is 0. The third-order valence-corrected chi connectivity index (χ3v) is 4.00. The zero-order valence-corrected chi connectivity index (χ0v) is 13.0. The summed E-state index contributed by atoms with van der Waals surface area (Å²) in [7, 11) is 0. The van der Waals surface area contributed by atoms with E-state index in [4.69, 9.17) is 10.00 Å². The molecule has 1 heterocycles. The van der Waals surface area contributed by atoms with E-state index in [1.165, 1.54) is 12.2 Å². The number of ether oxygens (including phenoxy) is 1. The highest BCUT2D eigenvalue weighted by atomic mass is 16.5. The molecule has 5 heteroatoms. The molecule has 0 bridgehead atoms. The summed E-state index contributed by atoms with van der Waals surface area (Å²) in [5, 5.41) is 8.50. The molecular weight excluding hydrogens is 304 g/mol. The summed E-state index contributed by atoms with van der Waals surface area (Å²) in [6.45, 7) is 2.06. The summed E-state index contributed by atoms with van der Waals surface area (Å²) < 4.78 is 4.77. The summed E-state index contributed by atoms with van der Waals surface area (Å²) in [5.74, 6) is -0.0246. The van der Waals surface area contributed by atoms with Crippen molar-refractivity contribution >= 4 is 17.5 Å². The molecular formula is C19H14N2O3. The van der Waals surface area contributed by atoms with Gasteiger partial charge in [-0.1, -0.05) is 31.2 Å². The van der Waals surface area contributed by atoms with Crippen LogP contribution in [0.1, 0.15) is 24.0 Å². The van der Waals surface area contributed by atoms with E-state index in [1.807, 2.05) is 24.3 Å². The van der Waals surface area contributed by atoms with Crippen LogP contribution in [0, 0.1) is 11.5 Å². The highest BCUT2D eigenvalue weighted by molar-refractivity contribution is 6.28. The van der Waals surface area contributed by atoms with E-state index in [0.29, 0.717) is 11.4 Å². The predicted octanol–water partition coefficient (Wildman–Crippen LogP) is 3.13. The maximum Gasteiger partial charge on any atom is 0.292 e. The normalized spacial score (nSPS) is 14.6. The van der Waals surface area contributed by atoms with Crippen molar-refractivity contribution in [2.45, 2.75) is 12.8 Å². The second kappa shape index (κ2) is 6.39. The number of anilines is 1. The van der Waals surface area contributed by atoms with Gasteiger partial charge in [-0.2, -0.15) is 0 Å². The second-order valence-corrected chi connectivity index (χ2v) is 5.42. The van der Waals surface area contributed by atoms with Crippen LogP contribution < -0.4 is 9.64 Å². The Hall–Kier alpha value is -3.39. The number of carbonyl (C=O) groups excluding carboxylic acids is 2. The molecule has 2 amide bonds. The van der Waals surface area contributed by atoms with Crippen molar-refractivity contribution in [1.29, 1.82) is 5.26 Å². The van der Waals surface area contributed by atoms with E-state index in [9.17, 15) is 9.59 Å². The van der Waals surface area contributed by atoms with E-state index in [2.05, 4.69) is 6.92 Å². The molecule has 118 valence electrons. The molecule has 2 aromatic rings. The number of nitrogens with zero attached hydrogens (tertiary/aromatic N) is 2. The van der Waals surface area contributed by atoms with Gasteiger partial charge in [-0.3, -0.25) is 9.59 Å². The fourth-order valence-electron chi connectivity index (χ4n) is 2.64. The van der Waals surface area contributed by atoms with Gasteiger partial charge in [-0.05, 0) is 35.4 Å². The smallest absolute Gasteiger partial charge is 0.292 e. The number of imide groups is 1. The van der Waals surface area contributed by atoms with Crippen molar-refractivity contribution in [2.24, 2.45) is 0 Å². The third-order valence-electron chi connectivity index (χ3n) is 4.00. The third kappa shape index (κ3) is 2.90. The first kappa shape index (κ1) is 15.5. The van der Waals surface area contributed by atoms with Gasteiger partial charge in [0, 0.05) is 18.1 Å². The molecule has 0 N–H and O–H groups in total. The van der Waals surface area contributed by atoms with Crippen LogP contribution in [-0.4, -0.2) is 11.8 Å². The molecule has 0 aliphatic carbocycles. The summed E-state index contributed by atoms with van der Waals surface area (Å²) in [6, 6.07) is 14.6. The summed E-state index contributed by atoms with van der Waals surface area (Å²) in [6.07, 6.45) is 4.17. The monoisotopic (exact) mass is 318 g/mol. The number of amides is 2. The van der Waals surface area contributed by atoms with E-state index < -0.39 is 0 Å². The van der Waals surface area contributed by atoms with Gasteiger partial charge in [-0.25, -0.2) is 4.90 Å². The Kier molecular flexibility index (Phi) is 4.13. The van der Waals surface area contributed by atoms with E-state index >= 15 is 0 Å². The molecule has 0 aromatic heterocycles. The lowest BCUT2D eigenvalue weighted by atomic mass is 9.93. The Morgan fingerprint density at radius 1 is 0.917 bits per heavy atom. The van der Waals surface area contributed by atoms with Crippen molar-refractivity contribution in [3.8, 4) is 12.0 Å². The minimum Gasteiger partial charge on any atom is -0.388 e. The number of nitriles is 1. The first-order chi connectivity index (χ1) is 11.6. The van der Waals surface area contributed by atoms with Crippen LogP contribution in [0.2, 0.25) is 0 Å². The molecule has 3 rings (SSSR count). The van der Waals surface area contributed by atoms with Gasteiger partial charge >= 0.3 is 0 Å². The lowest BCUT2D eigenvalue weighted by Gasteiger charge is -2.17. The van der Waals surface area contributed by atoms with Crippen LogP contribution in [0.25, 0.3) is 0 Å². The average molecular weight is 318 g/mol. The highest BCUT2D eigenvalue weighted by Crippen LogP contribution is 2.28. The Morgan fingerprint density at radius 3 is 1.92 bits per heavy atom. The number of rotatable bonds is 4. The van der Waals surface area contributed by atoms with Gasteiger partial charge in [0.15, 0.2) is 0 Å². The summed E-state index contributed by atoms with van der Waals surface area (Å²) in [4.78, 5) is 24.5. The van der Waals surface area contributed by atoms with Crippen LogP contribution in [0.3, 0.4) is 0 Å². The molecule has 0 radical (unpaired) electrons. The molecule has 5 nitrogen and oxygen atoms in total. The minimum absolute atomic E-state index is 0.123. The molecule has 1 aliphatic heterocycles. The first-order valence-electron chi connectivity index (χ1n) is 7.42. The molecule has 1 atom stereocenters. The zero-order chi connectivity index (χ0) is 17.1. The van der Waals surface area contributed by atoms with Crippen LogP contribution in [-0.2, 0) is 9.59 Å². The number of hydrogen-bond acceptors (Lipinski definition) is 4. The molecule has 2 aromatic carbocycles. The zero-order valence-electron chi connectivity index (χ0n) is 13.0. The number of hydrogen-bond donors (Lipinski definition) is 0. The fourth-order valence-corrected chi connectivity index (χ4v) is 2.64. The van der Waals surface area contributed by atoms with E-state index in [-0.39, 0.29) is 17.7 Å². The molecule has 0 fully saturated rings. The van der Waals surface area contributed by atoms with Crippen LogP contribution >= 0.6 is 0 Å². The van der Waals surface area contributed by atoms with Crippen molar-refractivity contribution in [3.05, 3.63) is 71.8 Å². The topological polar surface area (TPSA) is 70.4 Å². The second-order valence-electron chi connectivity index (χ2n) is 5.42. The predicted molar refractivity (Wildman–Crippen MR) is 88.3 cm³/mol. The standard InChI is InChI=1S/C19H14N2O3/c1-13(15-4-8-17(9-5-15)24-12-20)14-2-6-16(7-3-14)21-18(22)10-11-19(21)23/h2-11,13H,1H3. The molecule has 1 aliphatic rings. The van der Waals surface area contributed by atoms with Crippen LogP contribution in [0.4, 0.5) is 5.69 Å². The van der Waals surface area contributed by atoms with Gasteiger partial charge in [0.25, 0.3) is 18.1 Å². The molecule has 1 unspecified atom stereocenters. The Morgan fingerprint density at radius 2 is 1.42 bits per heavy atom. The molecule has 24 heavy (non-hydrogen) atoms. The van der Waals surface area contributed by atoms with Crippen molar-refractivity contribution in [1.82, 2.24) is 0 Å². The molecule has 0 spiro atoms. The highest BCUT2D eigenvalue weighted by Gasteiger charge is 2.25. The van der Waals surface area contributed by atoms with Crippen molar-refractivity contribution in [2.75, 3.05) is 4.90 Å². The lowest BCUT2D eigenvalue weighted by molar-refractivity contribution is -0.119.